The lowest BCUT2D eigenvalue weighted by atomic mass is 10.0. The van der Waals surface area contributed by atoms with Gasteiger partial charge in [0.2, 0.25) is 0 Å². The Balaban J connectivity index is 4.53. The molecule has 0 aromatic heterocycles. The van der Waals surface area contributed by atoms with Gasteiger partial charge >= 0.3 is 19.8 Å². The first-order chi connectivity index (χ1) is 25.5. The summed E-state index contributed by atoms with van der Waals surface area (Å²) in [6.45, 7) is 4.46. The number of hydrogen-bond acceptors (Lipinski definition) is 10. The van der Waals surface area contributed by atoms with Gasteiger partial charge in [-0.15, -0.1) is 0 Å². The maximum atomic E-state index is 12.6. The number of phosphoric acid groups is 1. The molecule has 11 nitrogen and oxygen atoms in total. The fourth-order valence-electron chi connectivity index (χ4n) is 5.08. The van der Waals surface area contributed by atoms with E-state index in [1.807, 2.05) is 36.5 Å². The number of hydrogen-bond donors (Lipinski definition) is 4. The van der Waals surface area contributed by atoms with Gasteiger partial charge in [0.1, 0.15) is 12.7 Å². The van der Waals surface area contributed by atoms with Gasteiger partial charge in [-0.1, -0.05) is 140 Å². The van der Waals surface area contributed by atoms with E-state index in [-0.39, 0.29) is 19.4 Å². The predicted molar refractivity (Wildman–Crippen MR) is 211 cm³/mol. The lowest BCUT2D eigenvalue weighted by Crippen LogP contribution is -2.29. The molecular formula is C41H73O11P. The van der Waals surface area contributed by atoms with Gasteiger partial charge < -0.3 is 29.7 Å². The minimum Gasteiger partial charge on any atom is -0.462 e. The maximum absolute atomic E-state index is 12.6. The number of ether oxygens (including phenoxy) is 2. The number of unbranched alkanes of at least 4 members (excludes halogenated alkanes) is 12. The zero-order chi connectivity index (χ0) is 39.4. The molecule has 0 aliphatic carbocycles. The summed E-state index contributed by atoms with van der Waals surface area (Å²) in [5, 5.41) is 28.3. The van der Waals surface area contributed by atoms with Gasteiger partial charge in [-0.25, -0.2) is 4.57 Å². The number of carbonyl (C=O) groups excluding carboxylic acids is 2. The number of esters is 2. The summed E-state index contributed by atoms with van der Waals surface area (Å²) in [7, 11) is -4.64. The molecular weight excluding hydrogens is 699 g/mol. The summed E-state index contributed by atoms with van der Waals surface area (Å²) < 4.78 is 32.5. The highest BCUT2D eigenvalue weighted by molar-refractivity contribution is 7.47. The van der Waals surface area contributed by atoms with Crippen LogP contribution in [0.3, 0.4) is 0 Å². The second-order valence-corrected chi connectivity index (χ2v) is 15.4. The average Bonchev–Trinajstić information content (AvgIpc) is 3.12. The molecule has 0 bridgehead atoms. The van der Waals surface area contributed by atoms with Gasteiger partial charge in [0.05, 0.1) is 25.9 Å². The maximum Gasteiger partial charge on any atom is 0.472 e. The van der Waals surface area contributed by atoms with Crippen LogP contribution in [0.1, 0.15) is 149 Å². The smallest absolute Gasteiger partial charge is 0.462 e. The van der Waals surface area contributed by atoms with E-state index in [0.717, 1.165) is 31.6 Å². The lowest BCUT2D eigenvalue weighted by Gasteiger charge is -2.20. The minimum absolute atomic E-state index is 0.0756. The summed E-state index contributed by atoms with van der Waals surface area (Å²) in [5.74, 6) is -0.265. The van der Waals surface area contributed by atoms with Crippen molar-refractivity contribution in [1.82, 2.24) is 0 Å². The second-order valence-electron chi connectivity index (χ2n) is 14.0. The van der Waals surface area contributed by atoms with Crippen LogP contribution in [0.15, 0.2) is 48.6 Å². The Hall–Kier alpha value is -2.11. The normalized spacial score (nSPS) is 15.2. The first kappa shape index (κ1) is 50.9. The fourth-order valence-corrected chi connectivity index (χ4v) is 5.87. The molecule has 0 aliphatic heterocycles. The van der Waals surface area contributed by atoms with Gasteiger partial charge in [0, 0.05) is 12.8 Å². The molecule has 0 spiro atoms. The average molecular weight is 773 g/mol. The second kappa shape index (κ2) is 35.6. The number of rotatable bonds is 36. The summed E-state index contributed by atoms with van der Waals surface area (Å²) in [4.78, 5) is 34.8. The predicted octanol–water partition coefficient (Wildman–Crippen LogP) is 8.99. The molecule has 0 radical (unpaired) electrons. The Morgan fingerprint density at radius 2 is 1.32 bits per heavy atom. The van der Waals surface area contributed by atoms with E-state index in [1.54, 1.807) is 6.08 Å². The Morgan fingerprint density at radius 1 is 0.698 bits per heavy atom. The molecule has 0 saturated heterocycles. The third-order valence-corrected chi connectivity index (χ3v) is 9.20. The molecule has 0 fully saturated rings. The molecule has 53 heavy (non-hydrogen) atoms. The first-order valence-corrected chi connectivity index (χ1v) is 21.6. The van der Waals surface area contributed by atoms with Crippen molar-refractivity contribution in [3.05, 3.63) is 48.6 Å². The molecule has 12 heteroatoms. The number of carbonyl (C=O) groups is 2. The molecule has 0 saturated carbocycles. The van der Waals surface area contributed by atoms with Crippen molar-refractivity contribution in [3.8, 4) is 0 Å². The van der Waals surface area contributed by atoms with E-state index >= 15 is 0 Å². The molecule has 0 aromatic rings. The summed E-state index contributed by atoms with van der Waals surface area (Å²) >= 11 is 0. The minimum atomic E-state index is -4.64. The monoisotopic (exact) mass is 772 g/mol. The number of aliphatic hydroxyl groups is 3. The molecule has 0 heterocycles. The zero-order valence-electron chi connectivity index (χ0n) is 33.0. The van der Waals surface area contributed by atoms with Gasteiger partial charge in [-0.05, 0) is 50.9 Å². The van der Waals surface area contributed by atoms with E-state index in [1.165, 1.54) is 57.8 Å². The molecule has 1 unspecified atom stereocenters. The fraction of sp³-hybridized carbons (Fsp3) is 0.756. The number of phosphoric ester groups is 1. The van der Waals surface area contributed by atoms with Crippen molar-refractivity contribution in [2.75, 3.05) is 26.4 Å². The van der Waals surface area contributed by atoms with Crippen LogP contribution in [0.4, 0.5) is 0 Å². The van der Waals surface area contributed by atoms with Crippen LogP contribution in [-0.2, 0) is 32.7 Å². The standard InChI is InChI=1S/C41H73O11P/c1-4-5-6-7-18-23-28-37(43)29-24-19-14-11-12-16-21-26-31-41(46)52-39(35-51-53(47,48)50-33-38(44)32-42)34-49-40(45)30-25-20-15-10-8-9-13-17-22-27-36(2)3/h12,14,16,18-19,23-24,29,36-39,42-44H,4-11,13,15,17,20-22,25-28,30-35H2,1-3H3,(H,47,48)/b16-12-,19-14-,23-18-,29-24+/t37-,38-,39+/m0/s1. The van der Waals surface area contributed by atoms with Crippen LogP contribution in [0.2, 0.25) is 0 Å². The first-order valence-electron chi connectivity index (χ1n) is 20.1. The molecule has 308 valence electrons. The van der Waals surface area contributed by atoms with Crippen LogP contribution in [0.5, 0.6) is 0 Å². The summed E-state index contributed by atoms with van der Waals surface area (Å²) in [6.07, 6.45) is 31.3. The van der Waals surface area contributed by atoms with Crippen LogP contribution < -0.4 is 0 Å². The van der Waals surface area contributed by atoms with Crippen LogP contribution in [-0.4, -0.2) is 76.9 Å². The van der Waals surface area contributed by atoms with Gasteiger partial charge in [-0.3, -0.25) is 18.6 Å². The zero-order valence-corrected chi connectivity index (χ0v) is 33.9. The molecule has 4 N–H and O–H groups in total. The van der Waals surface area contributed by atoms with Gasteiger partial charge in [-0.2, -0.15) is 0 Å². The summed E-state index contributed by atoms with van der Waals surface area (Å²) in [6, 6.07) is 0. The molecule has 0 aromatic carbocycles. The SMILES string of the molecule is CCCCC/C=C\C[C@H](O)/C=C/C=C\C/C=C\CCCC(=O)O[C@H](COC(=O)CCCCCCCCCCCC(C)C)COP(=O)(O)OC[C@@H](O)CO. The van der Waals surface area contributed by atoms with Crippen molar-refractivity contribution in [2.45, 2.75) is 167 Å². The van der Waals surface area contributed by atoms with E-state index in [2.05, 4.69) is 31.4 Å². The topological polar surface area (TPSA) is 169 Å². The Morgan fingerprint density at radius 3 is 2.00 bits per heavy atom. The highest BCUT2D eigenvalue weighted by atomic mass is 31.2. The van der Waals surface area contributed by atoms with Crippen LogP contribution in [0.25, 0.3) is 0 Å². The Labute approximate surface area is 320 Å². The van der Waals surface area contributed by atoms with Crippen molar-refractivity contribution >= 4 is 19.8 Å². The van der Waals surface area contributed by atoms with Crippen LogP contribution >= 0.6 is 7.82 Å². The van der Waals surface area contributed by atoms with Gasteiger partial charge in [0.25, 0.3) is 0 Å². The van der Waals surface area contributed by atoms with E-state index in [9.17, 15) is 29.3 Å². The van der Waals surface area contributed by atoms with Crippen molar-refractivity contribution in [2.24, 2.45) is 5.92 Å². The lowest BCUT2D eigenvalue weighted by molar-refractivity contribution is -0.161. The van der Waals surface area contributed by atoms with Crippen molar-refractivity contribution < 1.29 is 52.9 Å². The van der Waals surface area contributed by atoms with E-state index in [4.69, 9.17) is 19.1 Å². The molecule has 0 rings (SSSR count). The summed E-state index contributed by atoms with van der Waals surface area (Å²) in [5.41, 5.74) is 0. The highest BCUT2D eigenvalue weighted by Crippen LogP contribution is 2.43. The molecule has 0 amide bonds. The third kappa shape index (κ3) is 36.6. The van der Waals surface area contributed by atoms with Crippen molar-refractivity contribution in [1.29, 1.82) is 0 Å². The highest BCUT2D eigenvalue weighted by Gasteiger charge is 2.27. The Kier molecular flexibility index (Phi) is 34.2. The quantitative estimate of drug-likeness (QED) is 0.0158. The third-order valence-electron chi connectivity index (χ3n) is 8.24. The number of aliphatic hydroxyl groups excluding tert-OH is 3. The largest absolute Gasteiger partial charge is 0.472 e. The van der Waals surface area contributed by atoms with Gasteiger partial charge in [0.15, 0.2) is 6.10 Å². The Bertz CT molecular complexity index is 1060. The molecule has 0 aliphatic rings. The number of allylic oxidation sites excluding steroid dienone is 6. The van der Waals surface area contributed by atoms with E-state index < -0.39 is 57.9 Å². The van der Waals surface area contributed by atoms with E-state index in [0.29, 0.717) is 32.1 Å². The van der Waals surface area contributed by atoms with Crippen molar-refractivity contribution in [3.63, 3.8) is 0 Å². The van der Waals surface area contributed by atoms with Crippen LogP contribution in [0, 0.1) is 5.92 Å². The molecule has 4 atom stereocenters.